The molecule has 0 unspecified atom stereocenters. The highest BCUT2D eigenvalue weighted by atomic mass is 16.2. The summed E-state index contributed by atoms with van der Waals surface area (Å²) < 4.78 is 0. The Morgan fingerprint density at radius 3 is 2.87 bits per heavy atom. The highest BCUT2D eigenvalue weighted by Gasteiger charge is 2.30. The summed E-state index contributed by atoms with van der Waals surface area (Å²) in [5, 5.41) is 12.2. The average Bonchev–Trinajstić information content (AvgIpc) is 3.05. The molecule has 0 fully saturated rings. The number of aromatic nitrogens is 2. The SMILES string of the molecule is CC(C)(CNC(=O)Nc1cn[nH]c1)N1CCc2ccccc2C1. The van der Waals surface area contributed by atoms with E-state index in [1.165, 1.54) is 11.1 Å². The van der Waals surface area contributed by atoms with Gasteiger partial charge >= 0.3 is 6.03 Å². The van der Waals surface area contributed by atoms with Crippen LogP contribution in [0.3, 0.4) is 0 Å². The van der Waals surface area contributed by atoms with Crippen molar-refractivity contribution in [1.29, 1.82) is 0 Å². The Bertz CT molecular complexity index is 665. The van der Waals surface area contributed by atoms with E-state index >= 15 is 0 Å². The van der Waals surface area contributed by atoms with Crippen LogP contribution in [0.4, 0.5) is 10.5 Å². The van der Waals surface area contributed by atoms with Crippen LogP contribution in [0.1, 0.15) is 25.0 Å². The number of carbonyl (C=O) groups excluding carboxylic acids is 1. The molecule has 3 rings (SSSR count). The molecule has 2 aromatic rings. The van der Waals surface area contributed by atoms with E-state index < -0.39 is 0 Å². The van der Waals surface area contributed by atoms with Crippen LogP contribution < -0.4 is 10.6 Å². The molecule has 1 aromatic carbocycles. The zero-order valence-electron chi connectivity index (χ0n) is 13.6. The van der Waals surface area contributed by atoms with Gasteiger partial charge in [-0.3, -0.25) is 10.00 Å². The molecule has 6 heteroatoms. The van der Waals surface area contributed by atoms with Crippen LogP contribution in [0.25, 0.3) is 0 Å². The van der Waals surface area contributed by atoms with Crippen molar-refractivity contribution in [3.05, 3.63) is 47.8 Å². The molecule has 0 bridgehead atoms. The van der Waals surface area contributed by atoms with Gasteiger partial charge in [-0.05, 0) is 31.4 Å². The van der Waals surface area contributed by atoms with Gasteiger partial charge in [0.1, 0.15) is 0 Å². The number of hydrogen-bond acceptors (Lipinski definition) is 3. The first-order valence-electron chi connectivity index (χ1n) is 7.90. The number of amides is 2. The van der Waals surface area contributed by atoms with Gasteiger partial charge in [0.15, 0.2) is 0 Å². The number of benzene rings is 1. The van der Waals surface area contributed by atoms with Crippen LogP contribution in [0.2, 0.25) is 0 Å². The van der Waals surface area contributed by atoms with E-state index in [2.05, 4.69) is 63.8 Å². The summed E-state index contributed by atoms with van der Waals surface area (Å²) in [6.45, 7) is 6.85. The maximum atomic E-state index is 12.0. The first-order valence-corrected chi connectivity index (χ1v) is 7.90. The first kappa shape index (κ1) is 15.6. The van der Waals surface area contributed by atoms with Crippen LogP contribution in [0, 0.1) is 0 Å². The molecule has 0 atom stereocenters. The molecule has 0 aliphatic carbocycles. The third-order valence-corrected chi connectivity index (χ3v) is 4.42. The van der Waals surface area contributed by atoms with Gasteiger partial charge in [0, 0.05) is 31.4 Å². The number of urea groups is 1. The fraction of sp³-hybridized carbons (Fsp3) is 0.412. The Kier molecular flexibility index (Phi) is 4.34. The lowest BCUT2D eigenvalue weighted by atomic mass is 9.94. The number of carbonyl (C=O) groups is 1. The van der Waals surface area contributed by atoms with Gasteiger partial charge in [0.2, 0.25) is 0 Å². The molecule has 1 aliphatic rings. The van der Waals surface area contributed by atoms with Gasteiger partial charge in [-0.1, -0.05) is 24.3 Å². The van der Waals surface area contributed by atoms with Crippen molar-refractivity contribution >= 4 is 11.7 Å². The molecule has 3 N–H and O–H groups in total. The molecule has 2 heterocycles. The van der Waals surface area contributed by atoms with Crippen molar-refractivity contribution in [2.45, 2.75) is 32.4 Å². The molecule has 1 aromatic heterocycles. The van der Waals surface area contributed by atoms with Crippen molar-refractivity contribution in [1.82, 2.24) is 20.4 Å². The Morgan fingerprint density at radius 1 is 1.35 bits per heavy atom. The van der Waals surface area contributed by atoms with E-state index in [0.717, 1.165) is 19.5 Å². The quantitative estimate of drug-likeness (QED) is 0.811. The summed E-state index contributed by atoms with van der Waals surface area (Å²) >= 11 is 0. The van der Waals surface area contributed by atoms with E-state index in [1.54, 1.807) is 12.4 Å². The zero-order valence-corrected chi connectivity index (χ0v) is 13.6. The summed E-state index contributed by atoms with van der Waals surface area (Å²) in [6, 6.07) is 8.37. The Hall–Kier alpha value is -2.34. The van der Waals surface area contributed by atoms with Crippen molar-refractivity contribution in [2.75, 3.05) is 18.4 Å². The number of fused-ring (bicyclic) bond motifs is 1. The van der Waals surface area contributed by atoms with Crippen LogP contribution in [-0.2, 0) is 13.0 Å². The smallest absolute Gasteiger partial charge is 0.319 e. The molecule has 0 radical (unpaired) electrons. The molecule has 0 saturated heterocycles. The molecule has 122 valence electrons. The zero-order chi connectivity index (χ0) is 16.3. The lowest BCUT2D eigenvalue weighted by Crippen LogP contribution is -2.53. The minimum absolute atomic E-state index is 0.110. The number of rotatable bonds is 4. The molecule has 6 nitrogen and oxygen atoms in total. The van der Waals surface area contributed by atoms with E-state index in [-0.39, 0.29) is 11.6 Å². The molecular weight excluding hydrogens is 290 g/mol. The molecule has 0 saturated carbocycles. The number of aromatic amines is 1. The minimum Gasteiger partial charge on any atom is -0.336 e. The number of H-pyrrole nitrogens is 1. The first-order chi connectivity index (χ1) is 11.0. The monoisotopic (exact) mass is 313 g/mol. The van der Waals surface area contributed by atoms with E-state index in [0.29, 0.717) is 12.2 Å². The maximum absolute atomic E-state index is 12.0. The van der Waals surface area contributed by atoms with Crippen LogP contribution in [-0.4, -0.2) is 39.8 Å². The van der Waals surface area contributed by atoms with E-state index in [4.69, 9.17) is 0 Å². The number of nitrogens with zero attached hydrogens (tertiary/aromatic N) is 2. The Labute approximate surface area is 136 Å². The molecular formula is C17H23N5O. The molecule has 0 spiro atoms. The Morgan fingerprint density at radius 2 is 2.13 bits per heavy atom. The normalized spacial score (nSPS) is 15.0. The van der Waals surface area contributed by atoms with Crippen molar-refractivity contribution in [3.63, 3.8) is 0 Å². The minimum atomic E-state index is -0.211. The summed E-state index contributed by atoms with van der Waals surface area (Å²) in [5.41, 5.74) is 3.37. The van der Waals surface area contributed by atoms with Crippen molar-refractivity contribution in [3.8, 4) is 0 Å². The third kappa shape index (κ3) is 3.71. The van der Waals surface area contributed by atoms with Gasteiger partial charge in [-0.2, -0.15) is 5.10 Å². The largest absolute Gasteiger partial charge is 0.336 e. The summed E-state index contributed by atoms with van der Waals surface area (Å²) in [7, 11) is 0. The summed E-state index contributed by atoms with van der Waals surface area (Å²) in [5.74, 6) is 0. The fourth-order valence-electron chi connectivity index (χ4n) is 2.92. The van der Waals surface area contributed by atoms with Gasteiger partial charge in [0.25, 0.3) is 0 Å². The third-order valence-electron chi connectivity index (χ3n) is 4.42. The standard InChI is InChI=1S/C17H23N5O/c1-17(2,12-18-16(23)21-15-9-19-20-10-15)22-8-7-13-5-3-4-6-14(13)11-22/h3-6,9-10H,7-8,11-12H2,1-2H3,(H,19,20)(H2,18,21,23). The molecule has 2 amide bonds. The lowest BCUT2D eigenvalue weighted by molar-refractivity contribution is 0.105. The second kappa shape index (κ2) is 6.42. The van der Waals surface area contributed by atoms with Crippen LogP contribution in [0.15, 0.2) is 36.7 Å². The van der Waals surface area contributed by atoms with Crippen molar-refractivity contribution < 1.29 is 4.79 Å². The number of hydrogen-bond donors (Lipinski definition) is 3. The maximum Gasteiger partial charge on any atom is 0.319 e. The summed E-state index contributed by atoms with van der Waals surface area (Å²) in [4.78, 5) is 14.4. The lowest BCUT2D eigenvalue weighted by Gasteiger charge is -2.41. The second-order valence-corrected chi connectivity index (χ2v) is 6.55. The molecule has 1 aliphatic heterocycles. The fourth-order valence-corrected chi connectivity index (χ4v) is 2.92. The van der Waals surface area contributed by atoms with Crippen LogP contribution in [0.5, 0.6) is 0 Å². The van der Waals surface area contributed by atoms with Gasteiger partial charge in [-0.25, -0.2) is 4.79 Å². The highest BCUT2D eigenvalue weighted by molar-refractivity contribution is 5.88. The Balaban J connectivity index is 1.56. The van der Waals surface area contributed by atoms with Crippen molar-refractivity contribution in [2.24, 2.45) is 0 Å². The second-order valence-electron chi connectivity index (χ2n) is 6.55. The predicted octanol–water partition coefficient (Wildman–Crippen LogP) is 2.37. The van der Waals surface area contributed by atoms with Crippen LogP contribution >= 0.6 is 0 Å². The summed E-state index contributed by atoms with van der Waals surface area (Å²) in [6.07, 6.45) is 4.28. The highest BCUT2D eigenvalue weighted by Crippen LogP contribution is 2.24. The molecule has 23 heavy (non-hydrogen) atoms. The topological polar surface area (TPSA) is 73.0 Å². The number of anilines is 1. The predicted molar refractivity (Wildman–Crippen MR) is 90.2 cm³/mol. The van der Waals surface area contributed by atoms with Gasteiger partial charge in [0.05, 0.1) is 11.9 Å². The average molecular weight is 313 g/mol. The van der Waals surface area contributed by atoms with Gasteiger partial charge < -0.3 is 10.6 Å². The van der Waals surface area contributed by atoms with Gasteiger partial charge in [-0.15, -0.1) is 0 Å². The number of nitrogens with one attached hydrogen (secondary N) is 3. The van der Waals surface area contributed by atoms with E-state index in [9.17, 15) is 4.79 Å². The van der Waals surface area contributed by atoms with E-state index in [1.807, 2.05) is 0 Å².